The summed E-state index contributed by atoms with van der Waals surface area (Å²) in [5, 5.41) is 5.02. The van der Waals surface area contributed by atoms with Crippen molar-refractivity contribution in [2.24, 2.45) is 13.0 Å². The highest BCUT2D eigenvalue weighted by molar-refractivity contribution is 7.93. The fourth-order valence-corrected chi connectivity index (χ4v) is 5.90. The maximum atomic E-state index is 13.5. The molecule has 1 saturated heterocycles. The topological polar surface area (TPSA) is 115 Å². The van der Waals surface area contributed by atoms with Gasteiger partial charge in [-0.2, -0.15) is 27.1 Å². The maximum Gasteiger partial charge on any atom is 0.401 e. The Morgan fingerprint density at radius 3 is 2.45 bits per heavy atom. The summed E-state index contributed by atoms with van der Waals surface area (Å²) in [5.41, 5.74) is 8.27. The Bertz CT molecular complexity index is 1930. The Balaban J connectivity index is 1.49. The van der Waals surface area contributed by atoms with Crippen LogP contribution in [-0.2, 0) is 17.1 Å². The average molecular weight is 681 g/mol. The molecule has 16 heteroatoms. The van der Waals surface area contributed by atoms with Crippen LogP contribution in [0.3, 0.4) is 0 Å². The number of aromatic nitrogens is 3. The number of hydrogen-bond acceptors (Lipinski definition) is 7. The molecule has 9 nitrogen and oxygen atoms in total. The van der Waals surface area contributed by atoms with Gasteiger partial charge >= 0.3 is 11.9 Å². The first-order valence-corrected chi connectivity index (χ1v) is 15.9. The highest BCUT2D eigenvalue weighted by Crippen LogP contribution is 2.38. The van der Waals surface area contributed by atoms with Crippen LogP contribution in [0.1, 0.15) is 37.0 Å². The molecule has 0 amide bonds. The number of benzene rings is 2. The zero-order valence-electron chi connectivity index (χ0n) is 25.2. The normalized spacial score (nSPS) is 15.4. The van der Waals surface area contributed by atoms with Crippen LogP contribution >= 0.6 is 0 Å². The molecule has 0 unspecified atom stereocenters. The van der Waals surface area contributed by atoms with Gasteiger partial charge in [0.05, 0.1) is 28.7 Å². The van der Waals surface area contributed by atoms with Gasteiger partial charge in [0, 0.05) is 24.7 Å². The van der Waals surface area contributed by atoms with Gasteiger partial charge in [0.1, 0.15) is 29.2 Å². The summed E-state index contributed by atoms with van der Waals surface area (Å²) in [7, 11) is -3.40. The number of piperidine rings is 1. The Kier molecular flexibility index (Phi) is 9.60. The molecule has 2 aromatic carbocycles. The van der Waals surface area contributed by atoms with E-state index in [0.717, 1.165) is 0 Å². The van der Waals surface area contributed by atoms with Gasteiger partial charge in [-0.1, -0.05) is 30.0 Å². The molecule has 1 atom stereocenters. The van der Waals surface area contributed by atoms with Gasteiger partial charge in [0.25, 0.3) is 10.0 Å². The second kappa shape index (κ2) is 13.3. The summed E-state index contributed by atoms with van der Waals surface area (Å²) in [6.45, 7) is 1.22. The third-order valence-corrected chi connectivity index (χ3v) is 8.65. The van der Waals surface area contributed by atoms with Gasteiger partial charge in [0.2, 0.25) is 0 Å². The van der Waals surface area contributed by atoms with E-state index in [1.54, 1.807) is 14.0 Å². The molecule has 0 spiro atoms. The molecule has 1 aliphatic rings. The number of fused-ring (bicyclic) bond motifs is 1. The summed E-state index contributed by atoms with van der Waals surface area (Å²) < 4.78 is 112. The molecule has 0 aliphatic carbocycles. The zero-order chi connectivity index (χ0) is 34.1. The van der Waals surface area contributed by atoms with Crippen molar-refractivity contribution < 1.29 is 39.5 Å². The molecular formula is C31H30F6N6O3S. The fraction of sp³-hybridized carbons (Fsp3) is 0.355. The van der Waals surface area contributed by atoms with Gasteiger partial charge in [-0.05, 0) is 62.7 Å². The largest absolute Gasteiger partial charge is 0.484 e. The lowest BCUT2D eigenvalue weighted by Gasteiger charge is -2.30. The third-order valence-electron chi connectivity index (χ3n) is 7.68. The Hall–Kier alpha value is -4.49. The van der Waals surface area contributed by atoms with Crippen LogP contribution < -0.4 is 15.2 Å². The molecule has 1 aliphatic heterocycles. The Morgan fingerprint density at radius 1 is 1.13 bits per heavy atom. The number of hydrogen-bond donors (Lipinski definition) is 2. The molecule has 0 bridgehead atoms. The number of nitrogens with one attached hydrogen (secondary N) is 1. The van der Waals surface area contributed by atoms with E-state index >= 15 is 0 Å². The number of anilines is 2. The summed E-state index contributed by atoms with van der Waals surface area (Å²) >= 11 is 0. The third kappa shape index (κ3) is 7.91. The van der Waals surface area contributed by atoms with Crippen molar-refractivity contribution in [3.05, 3.63) is 65.6 Å². The van der Waals surface area contributed by atoms with Crippen LogP contribution in [0.5, 0.6) is 5.75 Å². The summed E-state index contributed by atoms with van der Waals surface area (Å²) in [4.78, 5) is 5.64. The van der Waals surface area contributed by atoms with E-state index in [0.29, 0.717) is 46.1 Å². The molecule has 47 heavy (non-hydrogen) atoms. The maximum absolute atomic E-state index is 13.5. The number of likely N-dealkylation sites (tertiary alicyclic amines) is 1. The minimum Gasteiger partial charge on any atom is -0.484 e. The highest BCUT2D eigenvalue weighted by Gasteiger charge is 2.32. The molecule has 5 rings (SSSR count). The number of nitrogens with two attached hydrogens (primary N) is 1. The monoisotopic (exact) mass is 680 g/mol. The number of sulfonamides is 1. The quantitative estimate of drug-likeness (QED) is 0.171. The first kappa shape index (κ1) is 33.9. The Labute approximate surface area is 266 Å². The number of nitrogens with zero attached hydrogens (tertiary/aromatic N) is 4. The predicted molar refractivity (Wildman–Crippen MR) is 164 cm³/mol. The SMILES string of the molecule is C[C@H](Oc1cc(-c2nn(C)c3c(C#CC4CCN(CC(F)(F)F)CC4)cnc(N)c23)ccc1NS(=O)(=O)C(F)F)c1ccc(F)cc1. The van der Waals surface area contributed by atoms with Crippen LogP contribution in [0.4, 0.5) is 37.8 Å². The molecular weight excluding hydrogens is 650 g/mol. The van der Waals surface area contributed by atoms with Gasteiger partial charge in [-0.15, -0.1) is 0 Å². The van der Waals surface area contributed by atoms with Crippen LogP contribution in [0, 0.1) is 23.6 Å². The van der Waals surface area contributed by atoms with Crippen molar-refractivity contribution in [3.8, 4) is 28.8 Å². The average Bonchev–Trinajstić information content (AvgIpc) is 3.36. The zero-order valence-corrected chi connectivity index (χ0v) is 26.0. The number of halogens is 6. The van der Waals surface area contributed by atoms with E-state index in [1.165, 1.54) is 58.2 Å². The number of rotatable bonds is 8. The molecule has 0 saturated carbocycles. The number of aryl methyl sites for hydroxylation is 1. The minimum atomic E-state index is -5.06. The summed E-state index contributed by atoms with van der Waals surface area (Å²) in [5.74, 6) is 1.94. The van der Waals surface area contributed by atoms with Crippen molar-refractivity contribution in [1.82, 2.24) is 19.7 Å². The van der Waals surface area contributed by atoms with Crippen LogP contribution in [0.15, 0.2) is 48.7 Å². The fourth-order valence-electron chi connectivity index (χ4n) is 5.34. The van der Waals surface area contributed by atoms with Gasteiger partial charge in [-0.25, -0.2) is 17.8 Å². The van der Waals surface area contributed by atoms with E-state index in [1.807, 2.05) is 4.72 Å². The predicted octanol–water partition coefficient (Wildman–Crippen LogP) is 6.09. The number of alkyl halides is 5. The minimum absolute atomic E-state index is 0.110. The van der Waals surface area contributed by atoms with Crippen molar-refractivity contribution >= 4 is 32.4 Å². The second-order valence-corrected chi connectivity index (χ2v) is 12.8. The van der Waals surface area contributed by atoms with Crippen molar-refractivity contribution in [2.45, 2.75) is 37.8 Å². The molecule has 1 fully saturated rings. The lowest BCUT2D eigenvalue weighted by atomic mass is 9.97. The van der Waals surface area contributed by atoms with Gasteiger partial charge in [-0.3, -0.25) is 14.3 Å². The molecule has 3 N–H and O–H groups in total. The van der Waals surface area contributed by atoms with Crippen LogP contribution in [0.2, 0.25) is 0 Å². The molecule has 250 valence electrons. The lowest BCUT2D eigenvalue weighted by molar-refractivity contribution is -0.148. The van der Waals surface area contributed by atoms with Crippen molar-refractivity contribution in [2.75, 3.05) is 30.1 Å². The first-order valence-electron chi connectivity index (χ1n) is 14.4. The molecule has 4 aromatic rings. The van der Waals surface area contributed by atoms with E-state index in [4.69, 9.17) is 10.5 Å². The molecule has 0 radical (unpaired) electrons. The van der Waals surface area contributed by atoms with Gasteiger partial charge < -0.3 is 10.5 Å². The van der Waals surface area contributed by atoms with E-state index in [9.17, 15) is 34.8 Å². The molecule has 2 aromatic heterocycles. The summed E-state index contributed by atoms with van der Waals surface area (Å²) in [6.07, 6.45) is -2.57. The smallest absolute Gasteiger partial charge is 0.401 e. The molecule has 3 heterocycles. The van der Waals surface area contributed by atoms with Crippen LogP contribution in [-0.4, -0.2) is 59.7 Å². The van der Waals surface area contributed by atoms with E-state index in [-0.39, 0.29) is 36.3 Å². The highest BCUT2D eigenvalue weighted by atomic mass is 32.2. The standard InChI is InChI=1S/C31H30F6N6O3S/c1-18(20-5-8-23(32)9-6-20)46-25-15-21(7-10-24(25)41-47(44,45)30(33)34)27-26-28(42(2)40-27)22(16-39-29(26)38)4-3-19-11-13-43(14-12-19)17-31(35,36)37/h5-10,15-16,18-19,30,41H,11-14,17H2,1-2H3,(H2,38,39)/t18-/m0/s1. The first-order chi connectivity index (χ1) is 22.1. The Morgan fingerprint density at radius 2 is 1.81 bits per heavy atom. The van der Waals surface area contributed by atoms with Crippen LogP contribution in [0.25, 0.3) is 22.2 Å². The lowest BCUT2D eigenvalue weighted by Crippen LogP contribution is -2.39. The number of pyridine rings is 1. The number of nitrogen functional groups attached to an aromatic ring is 1. The van der Waals surface area contributed by atoms with Gasteiger partial charge in [0.15, 0.2) is 0 Å². The van der Waals surface area contributed by atoms with Crippen molar-refractivity contribution in [3.63, 3.8) is 0 Å². The summed E-state index contributed by atoms with van der Waals surface area (Å²) in [6, 6.07) is 9.50. The van der Waals surface area contributed by atoms with E-state index < -0.39 is 40.4 Å². The van der Waals surface area contributed by atoms with Crippen molar-refractivity contribution in [1.29, 1.82) is 0 Å². The second-order valence-electron chi connectivity index (χ2n) is 11.1. The number of ether oxygens (including phenoxy) is 1. The van der Waals surface area contributed by atoms with E-state index in [2.05, 4.69) is 21.9 Å².